The maximum Gasteiger partial charge on any atom is 0.258 e. The second-order valence-corrected chi connectivity index (χ2v) is 3.74. The van der Waals surface area contributed by atoms with Crippen LogP contribution in [0.3, 0.4) is 0 Å². The Balaban J connectivity index is 2.55. The fourth-order valence-corrected chi connectivity index (χ4v) is 1.50. The first-order valence-electron chi connectivity index (χ1n) is 4.70. The third-order valence-corrected chi connectivity index (χ3v) is 2.43. The predicted octanol–water partition coefficient (Wildman–Crippen LogP) is 1.52. The Labute approximate surface area is 82.2 Å². The second kappa shape index (κ2) is 3.28. The van der Waals surface area contributed by atoms with Gasteiger partial charge in [-0.05, 0) is 17.6 Å². The van der Waals surface area contributed by atoms with Gasteiger partial charge in [-0.2, -0.15) is 0 Å². The number of allylic oxidation sites excluding steroid dienone is 1. The van der Waals surface area contributed by atoms with E-state index in [0.29, 0.717) is 11.5 Å². The van der Waals surface area contributed by atoms with Gasteiger partial charge in [-0.3, -0.25) is 4.79 Å². The van der Waals surface area contributed by atoms with E-state index in [9.17, 15) is 4.79 Å². The van der Waals surface area contributed by atoms with Crippen LogP contribution in [0.25, 0.3) is 6.08 Å². The van der Waals surface area contributed by atoms with Crippen molar-refractivity contribution in [2.24, 2.45) is 5.92 Å². The summed E-state index contributed by atoms with van der Waals surface area (Å²) in [6.45, 7) is 4.24. The van der Waals surface area contributed by atoms with E-state index in [1.165, 1.54) is 11.9 Å². The summed E-state index contributed by atoms with van der Waals surface area (Å²) in [4.78, 5) is 18.1. The van der Waals surface area contributed by atoms with Crippen LogP contribution < -0.4 is 5.56 Å². The minimum Gasteiger partial charge on any atom is -0.313 e. The highest BCUT2D eigenvalue weighted by molar-refractivity contribution is 5.54. The summed E-state index contributed by atoms with van der Waals surface area (Å²) in [6, 6.07) is 0. The summed E-state index contributed by atoms with van der Waals surface area (Å²) in [7, 11) is 0. The molecule has 3 heteroatoms. The first kappa shape index (κ1) is 8.97. The zero-order valence-electron chi connectivity index (χ0n) is 8.29. The van der Waals surface area contributed by atoms with Gasteiger partial charge in [-0.25, -0.2) is 4.98 Å². The molecule has 1 aliphatic rings. The summed E-state index contributed by atoms with van der Waals surface area (Å²) < 4.78 is 0. The van der Waals surface area contributed by atoms with Gasteiger partial charge in [-0.15, -0.1) is 5.73 Å². The Bertz CT molecular complexity index is 476. The van der Waals surface area contributed by atoms with Crippen LogP contribution in [0.4, 0.5) is 0 Å². The average molecular weight is 188 g/mol. The van der Waals surface area contributed by atoms with Crippen molar-refractivity contribution in [2.75, 3.05) is 0 Å². The summed E-state index contributed by atoms with van der Waals surface area (Å²) >= 11 is 0. The molecule has 0 aliphatic heterocycles. The van der Waals surface area contributed by atoms with Crippen molar-refractivity contribution in [3.05, 3.63) is 39.2 Å². The lowest BCUT2D eigenvalue weighted by atomic mass is 9.94. The smallest absolute Gasteiger partial charge is 0.258 e. The van der Waals surface area contributed by atoms with Crippen LogP contribution in [-0.2, 0) is 6.42 Å². The number of H-pyrrole nitrogens is 1. The molecule has 72 valence electrons. The molecular formula is C11H12N2O. The monoisotopic (exact) mass is 188 g/mol. The quantitative estimate of drug-likeness (QED) is 0.679. The molecule has 0 atom stereocenters. The molecule has 0 saturated carbocycles. The van der Waals surface area contributed by atoms with Crippen molar-refractivity contribution in [1.29, 1.82) is 0 Å². The SMILES string of the molecule is CC(C)C1=C=Cc2c(nc[nH]c2=O)C1. The van der Waals surface area contributed by atoms with Crippen molar-refractivity contribution < 1.29 is 0 Å². The topological polar surface area (TPSA) is 45.8 Å². The largest absolute Gasteiger partial charge is 0.313 e. The molecule has 1 N–H and O–H groups in total. The molecule has 0 spiro atoms. The van der Waals surface area contributed by atoms with Gasteiger partial charge in [0.2, 0.25) is 0 Å². The van der Waals surface area contributed by atoms with Gasteiger partial charge in [0, 0.05) is 6.42 Å². The fourth-order valence-electron chi connectivity index (χ4n) is 1.50. The minimum atomic E-state index is -0.0784. The zero-order chi connectivity index (χ0) is 10.1. The van der Waals surface area contributed by atoms with Crippen molar-refractivity contribution >= 4 is 6.08 Å². The van der Waals surface area contributed by atoms with Gasteiger partial charge in [0.05, 0.1) is 17.6 Å². The Hall–Kier alpha value is -1.60. The Morgan fingerprint density at radius 3 is 3.07 bits per heavy atom. The van der Waals surface area contributed by atoms with E-state index in [1.807, 2.05) is 0 Å². The Kier molecular flexibility index (Phi) is 2.10. The number of nitrogens with zero attached hydrogens (tertiary/aromatic N) is 1. The lowest BCUT2D eigenvalue weighted by Gasteiger charge is -2.12. The average Bonchev–Trinajstić information content (AvgIpc) is 2.17. The number of hydrogen-bond donors (Lipinski definition) is 1. The maximum atomic E-state index is 11.4. The number of aromatic amines is 1. The molecule has 1 aliphatic carbocycles. The van der Waals surface area contributed by atoms with Crippen LogP contribution in [0.2, 0.25) is 0 Å². The molecule has 1 aromatic rings. The molecule has 14 heavy (non-hydrogen) atoms. The zero-order valence-corrected chi connectivity index (χ0v) is 8.29. The lowest BCUT2D eigenvalue weighted by molar-refractivity contribution is 0.732. The Morgan fingerprint density at radius 2 is 2.36 bits per heavy atom. The number of fused-ring (bicyclic) bond motifs is 1. The summed E-state index contributed by atoms with van der Waals surface area (Å²) in [5.74, 6) is 0.459. The summed E-state index contributed by atoms with van der Waals surface area (Å²) in [5.41, 5.74) is 5.78. The minimum absolute atomic E-state index is 0.0784. The van der Waals surface area contributed by atoms with E-state index >= 15 is 0 Å². The van der Waals surface area contributed by atoms with Gasteiger partial charge in [0.25, 0.3) is 5.56 Å². The van der Waals surface area contributed by atoms with Crippen LogP contribution in [0.15, 0.2) is 22.4 Å². The van der Waals surface area contributed by atoms with E-state index < -0.39 is 0 Å². The standard InChI is InChI=1S/C11H12N2O/c1-7(2)8-3-4-9-10(5-8)12-6-13-11(9)14/h4,6-7H,5H2,1-2H3,(H,12,13,14). The molecule has 3 nitrogen and oxygen atoms in total. The molecule has 0 amide bonds. The number of rotatable bonds is 1. The first-order valence-corrected chi connectivity index (χ1v) is 4.70. The molecule has 1 aromatic heterocycles. The number of nitrogens with one attached hydrogen (secondary N) is 1. The van der Waals surface area contributed by atoms with E-state index in [2.05, 4.69) is 29.5 Å². The summed E-state index contributed by atoms with van der Waals surface area (Å²) in [6.07, 6.45) is 3.94. The molecule has 2 rings (SSSR count). The van der Waals surface area contributed by atoms with Crippen LogP contribution in [0.5, 0.6) is 0 Å². The maximum absolute atomic E-state index is 11.4. The lowest BCUT2D eigenvalue weighted by Crippen LogP contribution is -2.16. The number of hydrogen-bond acceptors (Lipinski definition) is 2. The van der Waals surface area contributed by atoms with Gasteiger partial charge in [0.15, 0.2) is 0 Å². The van der Waals surface area contributed by atoms with Gasteiger partial charge >= 0.3 is 0 Å². The molecular weight excluding hydrogens is 176 g/mol. The second-order valence-electron chi connectivity index (χ2n) is 3.74. The first-order chi connectivity index (χ1) is 6.68. The normalized spacial score (nSPS) is 14.1. The third-order valence-electron chi connectivity index (χ3n) is 2.43. The molecule has 1 heterocycles. The van der Waals surface area contributed by atoms with Gasteiger partial charge in [-0.1, -0.05) is 13.8 Å². The van der Waals surface area contributed by atoms with Crippen LogP contribution in [0.1, 0.15) is 25.1 Å². The predicted molar refractivity (Wildman–Crippen MR) is 54.9 cm³/mol. The molecule has 0 unspecified atom stereocenters. The molecule has 0 bridgehead atoms. The molecule has 0 radical (unpaired) electrons. The molecule has 0 saturated heterocycles. The fraction of sp³-hybridized carbons (Fsp3) is 0.364. The molecule has 0 aromatic carbocycles. The third kappa shape index (κ3) is 1.42. The van der Waals surface area contributed by atoms with Crippen molar-refractivity contribution in [3.8, 4) is 0 Å². The van der Waals surface area contributed by atoms with Gasteiger partial charge < -0.3 is 4.98 Å². The van der Waals surface area contributed by atoms with Crippen molar-refractivity contribution in [3.63, 3.8) is 0 Å². The Morgan fingerprint density at radius 1 is 1.57 bits per heavy atom. The highest BCUT2D eigenvalue weighted by Crippen LogP contribution is 2.19. The van der Waals surface area contributed by atoms with Crippen LogP contribution >= 0.6 is 0 Å². The van der Waals surface area contributed by atoms with E-state index in [1.54, 1.807) is 6.08 Å². The van der Waals surface area contributed by atoms with E-state index in [4.69, 9.17) is 0 Å². The van der Waals surface area contributed by atoms with E-state index in [0.717, 1.165) is 12.1 Å². The van der Waals surface area contributed by atoms with Crippen LogP contribution in [0, 0.1) is 5.92 Å². The highest BCUT2D eigenvalue weighted by Gasteiger charge is 2.13. The van der Waals surface area contributed by atoms with E-state index in [-0.39, 0.29) is 5.56 Å². The van der Waals surface area contributed by atoms with Crippen molar-refractivity contribution in [2.45, 2.75) is 20.3 Å². The van der Waals surface area contributed by atoms with Crippen LogP contribution in [-0.4, -0.2) is 9.97 Å². The summed E-state index contributed by atoms with van der Waals surface area (Å²) in [5, 5.41) is 0. The number of aromatic nitrogens is 2. The highest BCUT2D eigenvalue weighted by atomic mass is 16.1. The molecule has 0 fully saturated rings. The van der Waals surface area contributed by atoms with Crippen molar-refractivity contribution in [1.82, 2.24) is 9.97 Å². The van der Waals surface area contributed by atoms with Gasteiger partial charge in [0.1, 0.15) is 0 Å².